The first-order chi connectivity index (χ1) is 5.78. The van der Waals surface area contributed by atoms with Crippen molar-refractivity contribution in [3.05, 3.63) is 0 Å². The van der Waals surface area contributed by atoms with Gasteiger partial charge in [-0.3, -0.25) is 9.59 Å². The average Bonchev–Trinajstić information content (AvgIpc) is 1.82. The number of carboxylic acids is 3. The molecule has 0 fully saturated rings. The van der Waals surface area contributed by atoms with Gasteiger partial charge in [-0.1, -0.05) is 0 Å². The van der Waals surface area contributed by atoms with Gasteiger partial charge in [0, 0.05) is 0 Å². The molecule has 0 aliphatic heterocycles. The molecule has 4 N–H and O–H groups in total. The molecule has 11 heteroatoms. The summed E-state index contributed by atoms with van der Waals surface area (Å²) in [6, 6.07) is 0. The zero-order valence-electron chi connectivity index (χ0n) is 8.06. The van der Waals surface area contributed by atoms with E-state index in [2.05, 4.69) is 0 Å². The number of hydrogen-bond acceptors (Lipinski definition) is 4. The van der Waals surface area contributed by atoms with Crippen LogP contribution in [-0.4, -0.2) is 43.9 Å². The van der Waals surface area contributed by atoms with E-state index in [0.717, 1.165) is 0 Å². The van der Waals surface area contributed by atoms with Gasteiger partial charge in [-0.2, -0.15) is 0 Å². The van der Waals surface area contributed by atoms with Crippen LogP contribution < -0.4 is 0 Å². The van der Waals surface area contributed by atoms with Crippen LogP contribution in [0.25, 0.3) is 0 Å². The molecule has 0 heterocycles. The molecule has 0 saturated heterocycles. The van der Waals surface area contributed by atoms with Crippen LogP contribution in [0.15, 0.2) is 0 Å². The number of rotatable bonds is 5. The molecule has 0 spiro atoms. The van der Waals surface area contributed by atoms with Gasteiger partial charge >= 0.3 is 17.9 Å². The highest BCUT2D eigenvalue weighted by Gasteiger charge is 2.40. The Kier molecular flexibility index (Phi) is 21.2. The number of carbonyl (C=O) groups is 3. The van der Waals surface area contributed by atoms with Crippen molar-refractivity contribution in [3.63, 3.8) is 0 Å². The molecule has 0 bridgehead atoms. The monoisotopic (exact) mass is 336 g/mol. The van der Waals surface area contributed by atoms with Crippen molar-refractivity contribution < 1.29 is 34.8 Å². The highest BCUT2D eigenvalue weighted by atomic mass is 35.5. The zero-order valence-corrected chi connectivity index (χ0v) is 11.3. The number of aliphatic carboxylic acids is 3. The van der Waals surface area contributed by atoms with E-state index in [1.807, 2.05) is 0 Å². The lowest BCUT2D eigenvalue weighted by Crippen LogP contribution is -2.42. The molecule has 0 aromatic rings. The quantitative estimate of drug-likeness (QED) is 0.572. The van der Waals surface area contributed by atoms with Crippen LogP contribution in [0.1, 0.15) is 12.8 Å². The highest BCUT2D eigenvalue weighted by molar-refractivity contribution is 5.88. The second-order valence-corrected chi connectivity index (χ2v) is 2.48. The van der Waals surface area contributed by atoms with Crippen molar-refractivity contribution in [3.8, 4) is 0 Å². The maximum atomic E-state index is 10.3. The molecular formula is C6H12Cl4O7. The summed E-state index contributed by atoms with van der Waals surface area (Å²) >= 11 is 0. The molecule has 0 amide bonds. The number of aliphatic hydroxyl groups is 1. The van der Waals surface area contributed by atoms with Crippen LogP contribution in [0, 0.1) is 0 Å². The molecule has 17 heavy (non-hydrogen) atoms. The summed E-state index contributed by atoms with van der Waals surface area (Å²) in [5, 5.41) is 33.8. The van der Waals surface area contributed by atoms with Crippen LogP contribution in [0.4, 0.5) is 0 Å². The van der Waals surface area contributed by atoms with Gasteiger partial charge < -0.3 is 20.4 Å². The Morgan fingerprint density at radius 2 is 1.00 bits per heavy atom. The van der Waals surface area contributed by atoms with Gasteiger partial charge in [0.1, 0.15) is 0 Å². The summed E-state index contributed by atoms with van der Waals surface area (Å²) in [6.45, 7) is 0. The van der Waals surface area contributed by atoms with E-state index in [1.165, 1.54) is 0 Å². The Balaban J connectivity index is -0.000000120. The molecule has 0 radical (unpaired) electrons. The van der Waals surface area contributed by atoms with Crippen LogP contribution in [0.5, 0.6) is 0 Å². The second-order valence-electron chi connectivity index (χ2n) is 2.48. The summed E-state index contributed by atoms with van der Waals surface area (Å²) in [5.41, 5.74) is -2.74. The normalized spacial score (nSPS) is 8.29. The lowest BCUT2D eigenvalue weighted by Gasteiger charge is -2.18. The van der Waals surface area contributed by atoms with Crippen LogP contribution >= 0.6 is 49.6 Å². The van der Waals surface area contributed by atoms with E-state index in [1.54, 1.807) is 0 Å². The Bertz CT molecular complexity index is 241. The molecule has 0 aromatic carbocycles. The van der Waals surface area contributed by atoms with E-state index in [4.69, 9.17) is 20.4 Å². The van der Waals surface area contributed by atoms with Crippen molar-refractivity contribution >= 4 is 67.5 Å². The van der Waals surface area contributed by atoms with Crippen molar-refractivity contribution in [2.45, 2.75) is 18.4 Å². The number of halogens is 4. The topological polar surface area (TPSA) is 132 Å². The average molecular weight is 338 g/mol. The molecule has 0 atom stereocenters. The number of carboxylic acid groups (broad SMARTS) is 3. The molecule has 0 saturated carbocycles. The SMILES string of the molecule is Cl.Cl.Cl.Cl.O=C(O)CC(O)(CC(=O)O)C(=O)O. The Labute approximate surface area is 121 Å². The van der Waals surface area contributed by atoms with Gasteiger partial charge in [0.25, 0.3) is 0 Å². The van der Waals surface area contributed by atoms with Crippen molar-refractivity contribution in [2.75, 3.05) is 0 Å². The summed E-state index contributed by atoms with van der Waals surface area (Å²) in [5.74, 6) is -5.02. The fourth-order valence-electron chi connectivity index (χ4n) is 0.714. The Morgan fingerprint density at radius 3 is 1.12 bits per heavy atom. The van der Waals surface area contributed by atoms with Gasteiger partial charge in [0.2, 0.25) is 0 Å². The maximum Gasteiger partial charge on any atom is 0.336 e. The van der Waals surface area contributed by atoms with Gasteiger partial charge in [-0.05, 0) is 0 Å². The number of hydrogen-bond donors (Lipinski definition) is 4. The maximum absolute atomic E-state index is 10.3. The molecule has 106 valence electrons. The minimum absolute atomic E-state index is 0. The lowest BCUT2D eigenvalue weighted by molar-refractivity contribution is -0.170. The summed E-state index contributed by atoms with van der Waals surface area (Å²) in [7, 11) is 0. The summed E-state index contributed by atoms with van der Waals surface area (Å²) in [4.78, 5) is 30.5. The fourth-order valence-corrected chi connectivity index (χ4v) is 0.714. The van der Waals surface area contributed by atoms with Crippen LogP contribution in [-0.2, 0) is 14.4 Å². The van der Waals surface area contributed by atoms with Crippen molar-refractivity contribution in [2.24, 2.45) is 0 Å². The third-order valence-electron chi connectivity index (χ3n) is 1.29. The van der Waals surface area contributed by atoms with Gasteiger partial charge in [-0.15, -0.1) is 49.6 Å². The van der Waals surface area contributed by atoms with Gasteiger partial charge in [-0.25, -0.2) is 4.79 Å². The summed E-state index contributed by atoms with van der Waals surface area (Å²) in [6.07, 6.45) is -2.29. The van der Waals surface area contributed by atoms with Gasteiger partial charge in [0.15, 0.2) is 5.60 Å². The third-order valence-corrected chi connectivity index (χ3v) is 1.29. The second kappa shape index (κ2) is 12.0. The Morgan fingerprint density at radius 1 is 0.765 bits per heavy atom. The van der Waals surface area contributed by atoms with Crippen LogP contribution in [0.2, 0.25) is 0 Å². The Hall–Kier alpha value is -0.470. The van der Waals surface area contributed by atoms with E-state index in [9.17, 15) is 14.4 Å². The van der Waals surface area contributed by atoms with E-state index in [-0.39, 0.29) is 49.6 Å². The third kappa shape index (κ3) is 11.8. The first-order valence-corrected chi connectivity index (χ1v) is 3.17. The molecule has 0 aromatic heterocycles. The van der Waals surface area contributed by atoms with Crippen molar-refractivity contribution in [1.29, 1.82) is 0 Å². The van der Waals surface area contributed by atoms with E-state index in [0.29, 0.717) is 0 Å². The van der Waals surface area contributed by atoms with E-state index < -0.39 is 36.4 Å². The van der Waals surface area contributed by atoms with E-state index >= 15 is 0 Å². The summed E-state index contributed by atoms with van der Waals surface area (Å²) < 4.78 is 0. The fraction of sp³-hybridized carbons (Fsp3) is 0.500. The van der Waals surface area contributed by atoms with Crippen LogP contribution in [0.3, 0.4) is 0 Å². The van der Waals surface area contributed by atoms with Gasteiger partial charge in [0.05, 0.1) is 12.8 Å². The first-order valence-electron chi connectivity index (χ1n) is 3.17. The molecule has 0 aliphatic rings. The minimum atomic E-state index is -2.74. The molecular weight excluding hydrogens is 326 g/mol. The lowest BCUT2D eigenvalue weighted by atomic mass is 9.96. The van der Waals surface area contributed by atoms with Crippen molar-refractivity contribution in [1.82, 2.24) is 0 Å². The predicted octanol–water partition coefficient (Wildman–Crippen LogP) is 0.439. The minimum Gasteiger partial charge on any atom is -0.481 e. The smallest absolute Gasteiger partial charge is 0.336 e. The first kappa shape index (κ1) is 30.0. The molecule has 0 aliphatic carbocycles. The molecule has 0 unspecified atom stereocenters. The molecule has 0 rings (SSSR count). The zero-order chi connectivity index (χ0) is 10.6. The highest BCUT2D eigenvalue weighted by Crippen LogP contribution is 2.15. The molecule has 7 nitrogen and oxygen atoms in total. The standard InChI is InChI=1S/C6H8O7.4ClH/c7-3(8)1-6(13,5(11)12)2-4(9)10;;;;/h13H,1-2H2,(H,7,8)(H,9,10)(H,11,12);4*1H. The predicted molar refractivity (Wildman–Crippen MR) is 66.1 cm³/mol. The largest absolute Gasteiger partial charge is 0.481 e.